The number of amides is 1. The Balaban J connectivity index is 1.25. The van der Waals surface area contributed by atoms with Crippen LogP contribution in [0.15, 0.2) is 72.8 Å². The van der Waals surface area contributed by atoms with Crippen LogP contribution < -0.4 is 10.1 Å². The van der Waals surface area contributed by atoms with Crippen LogP contribution in [0, 0.1) is 0 Å². The third-order valence-electron chi connectivity index (χ3n) is 5.55. The summed E-state index contributed by atoms with van der Waals surface area (Å²) in [5, 5.41) is 3.67. The molecule has 4 rings (SSSR count). The fraction of sp³-hybridized carbons (Fsp3) is 0.269. The van der Waals surface area contributed by atoms with Crippen molar-refractivity contribution in [3.63, 3.8) is 0 Å². The molecule has 31 heavy (non-hydrogen) atoms. The SMILES string of the molecule is O=C(NCc1ccc(CN2CCCC2)cc1)c1ccc(OCc2ccccc2Cl)cc1. The molecule has 1 aliphatic rings. The van der Waals surface area contributed by atoms with Crippen molar-refractivity contribution in [1.82, 2.24) is 10.2 Å². The molecular formula is C26H27ClN2O2. The second kappa shape index (κ2) is 10.5. The molecular weight excluding hydrogens is 408 g/mol. The zero-order chi connectivity index (χ0) is 21.5. The Morgan fingerprint density at radius 1 is 0.903 bits per heavy atom. The minimum atomic E-state index is -0.0983. The number of benzene rings is 3. The quantitative estimate of drug-likeness (QED) is 0.513. The summed E-state index contributed by atoms with van der Waals surface area (Å²) in [7, 11) is 0. The number of hydrogen-bond donors (Lipinski definition) is 1. The van der Waals surface area contributed by atoms with Crippen LogP contribution in [0.25, 0.3) is 0 Å². The number of hydrogen-bond acceptors (Lipinski definition) is 3. The van der Waals surface area contributed by atoms with Crippen molar-refractivity contribution in [1.29, 1.82) is 0 Å². The monoisotopic (exact) mass is 434 g/mol. The maximum Gasteiger partial charge on any atom is 0.251 e. The van der Waals surface area contributed by atoms with E-state index in [-0.39, 0.29) is 5.91 Å². The lowest BCUT2D eigenvalue weighted by Gasteiger charge is -2.14. The summed E-state index contributed by atoms with van der Waals surface area (Å²) in [6.45, 7) is 4.30. The van der Waals surface area contributed by atoms with Crippen molar-refractivity contribution in [2.75, 3.05) is 13.1 Å². The number of carbonyl (C=O) groups is 1. The molecule has 1 saturated heterocycles. The highest BCUT2D eigenvalue weighted by atomic mass is 35.5. The first kappa shape index (κ1) is 21.4. The van der Waals surface area contributed by atoms with Gasteiger partial charge in [-0.15, -0.1) is 0 Å². The molecule has 0 aromatic heterocycles. The van der Waals surface area contributed by atoms with Gasteiger partial charge in [-0.1, -0.05) is 54.1 Å². The molecule has 5 heteroatoms. The van der Waals surface area contributed by atoms with E-state index in [0.717, 1.165) is 17.7 Å². The van der Waals surface area contributed by atoms with Crippen molar-refractivity contribution in [2.24, 2.45) is 0 Å². The average Bonchev–Trinajstić information content (AvgIpc) is 3.31. The zero-order valence-electron chi connectivity index (χ0n) is 17.5. The van der Waals surface area contributed by atoms with Gasteiger partial charge in [0.05, 0.1) is 0 Å². The van der Waals surface area contributed by atoms with E-state index in [1.807, 2.05) is 24.3 Å². The Morgan fingerprint density at radius 2 is 1.58 bits per heavy atom. The Bertz CT molecular complexity index is 997. The Hall–Kier alpha value is -2.82. The molecule has 1 aliphatic heterocycles. The van der Waals surface area contributed by atoms with Crippen LogP contribution in [0.1, 0.15) is 39.9 Å². The van der Waals surface area contributed by atoms with Gasteiger partial charge in [-0.05, 0) is 67.4 Å². The molecule has 1 fully saturated rings. The molecule has 1 amide bonds. The Morgan fingerprint density at radius 3 is 2.29 bits per heavy atom. The number of carbonyl (C=O) groups excluding carboxylic acids is 1. The number of halogens is 1. The fourth-order valence-electron chi connectivity index (χ4n) is 3.72. The molecule has 4 nitrogen and oxygen atoms in total. The predicted octanol–water partition coefficient (Wildman–Crippen LogP) is 5.44. The van der Waals surface area contributed by atoms with Gasteiger partial charge >= 0.3 is 0 Å². The molecule has 0 radical (unpaired) electrons. The maximum absolute atomic E-state index is 12.5. The molecule has 3 aromatic carbocycles. The summed E-state index contributed by atoms with van der Waals surface area (Å²) in [5.74, 6) is 0.601. The highest BCUT2D eigenvalue weighted by Gasteiger charge is 2.11. The second-order valence-corrected chi connectivity index (χ2v) is 8.29. The number of nitrogens with one attached hydrogen (secondary N) is 1. The Labute approximate surface area is 188 Å². The normalized spacial score (nSPS) is 13.8. The van der Waals surface area contributed by atoms with Crippen molar-refractivity contribution in [3.05, 3.63) is 100 Å². The van der Waals surface area contributed by atoms with Crippen LogP contribution in [0.4, 0.5) is 0 Å². The summed E-state index contributed by atoms with van der Waals surface area (Å²) in [6, 6.07) is 23.3. The molecule has 1 N–H and O–H groups in total. The van der Waals surface area contributed by atoms with E-state index < -0.39 is 0 Å². The van der Waals surface area contributed by atoms with Crippen molar-refractivity contribution >= 4 is 17.5 Å². The number of likely N-dealkylation sites (tertiary alicyclic amines) is 1. The number of rotatable bonds is 8. The molecule has 1 heterocycles. The van der Waals surface area contributed by atoms with Crippen LogP contribution in [0.2, 0.25) is 5.02 Å². The minimum absolute atomic E-state index is 0.0983. The van der Waals surface area contributed by atoms with Gasteiger partial charge in [0.25, 0.3) is 5.91 Å². The Kier molecular flexibility index (Phi) is 7.23. The van der Waals surface area contributed by atoms with Crippen LogP contribution in [0.3, 0.4) is 0 Å². The summed E-state index contributed by atoms with van der Waals surface area (Å²) in [6.07, 6.45) is 2.61. The van der Waals surface area contributed by atoms with Gasteiger partial charge in [-0.2, -0.15) is 0 Å². The minimum Gasteiger partial charge on any atom is -0.489 e. The molecule has 0 spiro atoms. The number of ether oxygens (including phenoxy) is 1. The summed E-state index contributed by atoms with van der Waals surface area (Å²) >= 11 is 6.15. The lowest BCUT2D eigenvalue weighted by Crippen LogP contribution is -2.22. The standard InChI is InChI=1S/C26H27ClN2O2/c27-25-6-2-1-5-23(25)19-31-24-13-11-22(12-14-24)26(30)28-17-20-7-9-21(10-8-20)18-29-15-3-4-16-29/h1-2,5-14H,3-4,15-19H2,(H,28,30). The summed E-state index contributed by atoms with van der Waals surface area (Å²) < 4.78 is 5.78. The van der Waals surface area contributed by atoms with E-state index in [2.05, 4.69) is 34.5 Å². The molecule has 0 atom stereocenters. The van der Waals surface area contributed by atoms with Crippen LogP contribution in [0.5, 0.6) is 5.75 Å². The van der Waals surface area contributed by atoms with Crippen molar-refractivity contribution < 1.29 is 9.53 Å². The van der Waals surface area contributed by atoms with Gasteiger partial charge in [0, 0.05) is 29.2 Å². The molecule has 160 valence electrons. The third-order valence-corrected chi connectivity index (χ3v) is 5.92. The van der Waals surface area contributed by atoms with E-state index in [4.69, 9.17) is 16.3 Å². The molecule has 0 bridgehead atoms. The van der Waals surface area contributed by atoms with Crippen LogP contribution in [-0.2, 0) is 19.7 Å². The average molecular weight is 435 g/mol. The second-order valence-electron chi connectivity index (χ2n) is 7.89. The van der Waals surface area contributed by atoms with Crippen LogP contribution >= 0.6 is 11.6 Å². The summed E-state index contributed by atoms with van der Waals surface area (Å²) in [4.78, 5) is 15.0. The van der Waals surface area contributed by atoms with Crippen LogP contribution in [-0.4, -0.2) is 23.9 Å². The molecule has 0 unspecified atom stereocenters. The van der Waals surface area contributed by atoms with Gasteiger partial charge in [0.2, 0.25) is 0 Å². The third kappa shape index (κ3) is 6.09. The van der Waals surface area contributed by atoms with E-state index in [0.29, 0.717) is 29.5 Å². The fourth-order valence-corrected chi connectivity index (χ4v) is 3.92. The zero-order valence-corrected chi connectivity index (χ0v) is 18.3. The van der Waals surface area contributed by atoms with E-state index in [1.54, 1.807) is 24.3 Å². The van der Waals surface area contributed by atoms with Crippen molar-refractivity contribution in [3.8, 4) is 5.75 Å². The van der Waals surface area contributed by atoms with Gasteiger partial charge in [0.1, 0.15) is 12.4 Å². The lowest BCUT2D eigenvalue weighted by molar-refractivity contribution is 0.0951. The largest absolute Gasteiger partial charge is 0.489 e. The molecule has 0 aliphatic carbocycles. The predicted molar refractivity (Wildman–Crippen MR) is 124 cm³/mol. The first-order valence-corrected chi connectivity index (χ1v) is 11.1. The van der Waals surface area contributed by atoms with Gasteiger partial charge in [0.15, 0.2) is 0 Å². The molecule has 0 saturated carbocycles. The first-order chi connectivity index (χ1) is 15.2. The maximum atomic E-state index is 12.5. The highest BCUT2D eigenvalue weighted by Crippen LogP contribution is 2.19. The smallest absolute Gasteiger partial charge is 0.251 e. The first-order valence-electron chi connectivity index (χ1n) is 10.7. The van der Waals surface area contributed by atoms with Gasteiger partial charge < -0.3 is 10.1 Å². The number of nitrogens with zero attached hydrogens (tertiary/aromatic N) is 1. The summed E-state index contributed by atoms with van der Waals surface area (Å²) in [5.41, 5.74) is 3.95. The van der Waals surface area contributed by atoms with E-state index in [1.165, 1.54) is 31.5 Å². The molecule has 3 aromatic rings. The van der Waals surface area contributed by atoms with E-state index >= 15 is 0 Å². The van der Waals surface area contributed by atoms with Crippen molar-refractivity contribution in [2.45, 2.75) is 32.5 Å². The van der Waals surface area contributed by atoms with E-state index in [9.17, 15) is 4.79 Å². The topological polar surface area (TPSA) is 41.6 Å². The van der Waals surface area contributed by atoms with Gasteiger partial charge in [-0.25, -0.2) is 0 Å². The lowest BCUT2D eigenvalue weighted by atomic mass is 10.1. The highest BCUT2D eigenvalue weighted by molar-refractivity contribution is 6.31. The van der Waals surface area contributed by atoms with Gasteiger partial charge in [-0.3, -0.25) is 9.69 Å².